The van der Waals surface area contributed by atoms with Crippen LogP contribution in [0.3, 0.4) is 0 Å². The molecule has 122 valence electrons. The van der Waals surface area contributed by atoms with Crippen molar-refractivity contribution in [1.29, 1.82) is 0 Å². The third kappa shape index (κ3) is 5.26. The van der Waals surface area contributed by atoms with Crippen molar-refractivity contribution in [2.75, 3.05) is 5.75 Å². The van der Waals surface area contributed by atoms with E-state index in [4.69, 9.17) is 16.7 Å². The molecular formula is C15H20ClNO4S. The standard InChI is InChI=1S/C15H20ClNO4S/c16-13-3-1-2-11(10-13)8-9-22(20,21)17-14-6-4-12(5-7-14)15(18)19/h1-3,10,12,14,17H,4-9H2,(H,18,19). The first kappa shape index (κ1) is 17.2. The van der Waals surface area contributed by atoms with Gasteiger partial charge in [0.2, 0.25) is 10.0 Å². The molecule has 0 bridgehead atoms. The summed E-state index contributed by atoms with van der Waals surface area (Å²) in [4.78, 5) is 10.9. The first-order chi connectivity index (χ1) is 10.4. The third-order valence-corrected chi connectivity index (χ3v) is 5.64. The minimum absolute atomic E-state index is 0.00615. The molecule has 0 heterocycles. The second kappa shape index (κ2) is 7.44. The van der Waals surface area contributed by atoms with Gasteiger partial charge in [-0.1, -0.05) is 23.7 Å². The lowest BCUT2D eigenvalue weighted by atomic mass is 9.87. The number of carbonyl (C=O) groups is 1. The largest absolute Gasteiger partial charge is 0.481 e. The number of carboxylic acid groups (broad SMARTS) is 1. The molecule has 22 heavy (non-hydrogen) atoms. The SMILES string of the molecule is O=C(O)C1CCC(NS(=O)(=O)CCc2cccc(Cl)c2)CC1. The van der Waals surface area contributed by atoms with Gasteiger partial charge in [-0.15, -0.1) is 0 Å². The lowest BCUT2D eigenvalue weighted by Crippen LogP contribution is -2.40. The highest BCUT2D eigenvalue weighted by atomic mass is 35.5. The number of aryl methyl sites for hydroxylation is 1. The molecule has 0 aromatic heterocycles. The molecule has 0 saturated heterocycles. The van der Waals surface area contributed by atoms with Crippen molar-refractivity contribution in [3.63, 3.8) is 0 Å². The Hall–Kier alpha value is -1.11. The van der Waals surface area contributed by atoms with Crippen LogP contribution in [0.4, 0.5) is 0 Å². The molecule has 5 nitrogen and oxygen atoms in total. The summed E-state index contributed by atoms with van der Waals surface area (Å²) in [5.41, 5.74) is 0.882. The van der Waals surface area contributed by atoms with Crippen LogP contribution in [0.25, 0.3) is 0 Å². The number of carboxylic acids is 1. The maximum absolute atomic E-state index is 12.1. The average molecular weight is 346 g/mol. The molecule has 0 spiro atoms. The van der Waals surface area contributed by atoms with Crippen LogP contribution in [0.2, 0.25) is 5.02 Å². The van der Waals surface area contributed by atoms with Crippen molar-refractivity contribution in [3.8, 4) is 0 Å². The first-order valence-electron chi connectivity index (χ1n) is 7.33. The van der Waals surface area contributed by atoms with E-state index < -0.39 is 16.0 Å². The Morgan fingerprint density at radius 3 is 2.55 bits per heavy atom. The Morgan fingerprint density at radius 2 is 1.95 bits per heavy atom. The number of hydrogen-bond donors (Lipinski definition) is 2. The van der Waals surface area contributed by atoms with E-state index in [1.165, 1.54) is 0 Å². The molecule has 2 rings (SSSR count). The van der Waals surface area contributed by atoms with Crippen LogP contribution >= 0.6 is 11.6 Å². The Kier molecular flexibility index (Phi) is 5.83. The Balaban J connectivity index is 1.83. The summed E-state index contributed by atoms with van der Waals surface area (Å²) in [5.74, 6) is -1.12. The van der Waals surface area contributed by atoms with Crippen molar-refractivity contribution >= 4 is 27.6 Å². The van der Waals surface area contributed by atoms with Crippen molar-refractivity contribution in [2.24, 2.45) is 5.92 Å². The van der Waals surface area contributed by atoms with E-state index in [1.807, 2.05) is 6.07 Å². The number of nitrogens with one attached hydrogen (secondary N) is 1. The molecule has 1 fully saturated rings. The average Bonchev–Trinajstić information content (AvgIpc) is 2.45. The van der Waals surface area contributed by atoms with Gasteiger partial charge in [-0.25, -0.2) is 13.1 Å². The van der Waals surface area contributed by atoms with E-state index in [0.29, 0.717) is 37.1 Å². The highest BCUT2D eigenvalue weighted by molar-refractivity contribution is 7.89. The summed E-state index contributed by atoms with van der Waals surface area (Å²) in [6.07, 6.45) is 2.61. The maximum atomic E-state index is 12.1. The highest BCUT2D eigenvalue weighted by Gasteiger charge is 2.28. The molecule has 0 aliphatic heterocycles. The van der Waals surface area contributed by atoms with Gasteiger partial charge in [-0.3, -0.25) is 4.79 Å². The Labute approximate surface area is 135 Å². The fourth-order valence-electron chi connectivity index (χ4n) is 2.72. The molecular weight excluding hydrogens is 326 g/mol. The van der Waals surface area contributed by atoms with Crippen LogP contribution in [0.15, 0.2) is 24.3 Å². The summed E-state index contributed by atoms with van der Waals surface area (Å²) in [7, 11) is -3.37. The zero-order valence-corrected chi connectivity index (χ0v) is 13.7. The van der Waals surface area contributed by atoms with Crippen molar-refractivity contribution < 1.29 is 18.3 Å². The van der Waals surface area contributed by atoms with Gasteiger partial charge in [0.15, 0.2) is 0 Å². The molecule has 1 aliphatic rings. The van der Waals surface area contributed by atoms with Crippen LogP contribution in [0.1, 0.15) is 31.2 Å². The zero-order chi connectivity index (χ0) is 16.2. The normalized spacial score (nSPS) is 22.4. The van der Waals surface area contributed by atoms with Gasteiger partial charge in [0.05, 0.1) is 11.7 Å². The molecule has 7 heteroatoms. The van der Waals surface area contributed by atoms with E-state index in [0.717, 1.165) is 5.56 Å². The molecule has 0 amide bonds. The lowest BCUT2D eigenvalue weighted by molar-refractivity contribution is -0.142. The molecule has 2 N–H and O–H groups in total. The number of sulfonamides is 1. The Bertz CT molecular complexity index is 624. The fourth-order valence-corrected chi connectivity index (χ4v) is 4.29. The lowest BCUT2D eigenvalue weighted by Gasteiger charge is -2.26. The van der Waals surface area contributed by atoms with Crippen LogP contribution in [-0.4, -0.2) is 31.3 Å². The number of benzene rings is 1. The smallest absolute Gasteiger partial charge is 0.306 e. The van der Waals surface area contributed by atoms with Gasteiger partial charge in [0.1, 0.15) is 0 Å². The predicted molar refractivity (Wildman–Crippen MR) is 85.5 cm³/mol. The number of rotatable bonds is 6. The first-order valence-corrected chi connectivity index (χ1v) is 9.36. The van der Waals surface area contributed by atoms with Crippen LogP contribution in [0, 0.1) is 5.92 Å². The predicted octanol–water partition coefficient (Wildman–Crippen LogP) is 2.45. The van der Waals surface area contributed by atoms with Crippen molar-refractivity contribution in [1.82, 2.24) is 4.72 Å². The molecule has 1 saturated carbocycles. The number of aliphatic carboxylic acids is 1. The molecule has 0 unspecified atom stereocenters. The number of hydrogen-bond acceptors (Lipinski definition) is 3. The summed E-state index contributed by atoms with van der Waals surface area (Å²) in [6.45, 7) is 0. The van der Waals surface area contributed by atoms with E-state index >= 15 is 0 Å². The molecule has 0 radical (unpaired) electrons. The monoisotopic (exact) mass is 345 g/mol. The van der Waals surface area contributed by atoms with Crippen molar-refractivity contribution in [2.45, 2.75) is 38.1 Å². The van der Waals surface area contributed by atoms with Gasteiger partial charge >= 0.3 is 5.97 Å². The van der Waals surface area contributed by atoms with Gasteiger partial charge in [0.25, 0.3) is 0 Å². The van der Waals surface area contributed by atoms with Gasteiger partial charge in [-0.2, -0.15) is 0 Å². The molecule has 1 aromatic rings. The molecule has 0 atom stereocenters. The minimum atomic E-state index is -3.37. The van der Waals surface area contributed by atoms with E-state index in [-0.39, 0.29) is 17.7 Å². The third-order valence-electron chi connectivity index (χ3n) is 3.97. The van der Waals surface area contributed by atoms with Gasteiger partial charge in [-0.05, 0) is 49.8 Å². The van der Waals surface area contributed by atoms with Gasteiger partial charge in [0, 0.05) is 11.1 Å². The quantitative estimate of drug-likeness (QED) is 0.829. The van der Waals surface area contributed by atoms with E-state index in [2.05, 4.69) is 4.72 Å². The van der Waals surface area contributed by atoms with Crippen LogP contribution < -0.4 is 4.72 Å². The van der Waals surface area contributed by atoms with E-state index in [9.17, 15) is 13.2 Å². The zero-order valence-electron chi connectivity index (χ0n) is 12.2. The highest BCUT2D eigenvalue weighted by Crippen LogP contribution is 2.25. The van der Waals surface area contributed by atoms with Crippen LogP contribution in [-0.2, 0) is 21.2 Å². The maximum Gasteiger partial charge on any atom is 0.306 e. The second-order valence-electron chi connectivity index (χ2n) is 5.70. The summed E-state index contributed by atoms with van der Waals surface area (Å²) >= 11 is 5.88. The molecule has 1 aliphatic carbocycles. The van der Waals surface area contributed by atoms with Crippen LogP contribution in [0.5, 0.6) is 0 Å². The minimum Gasteiger partial charge on any atom is -0.481 e. The number of halogens is 1. The summed E-state index contributed by atoms with van der Waals surface area (Å²) < 4.78 is 26.9. The van der Waals surface area contributed by atoms with Gasteiger partial charge < -0.3 is 5.11 Å². The summed E-state index contributed by atoms with van der Waals surface area (Å²) in [6, 6.07) is 7.00. The summed E-state index contributed by atoms with van der Waals surface area (Å²) in [5, 5.41) is 9.53. The topological polar surface area (TPSA) is 83.5 Å². The second-order valence-corrected chi connectivity index (χ2v) is 8.01. The van der Waals surface area contributed by atoms with Crippen molar-refractivity contribution in [3.05, 3.63) is 34.9 Å². The fraction of sp³-hybridized carbons (Fsp3) is 0.533. The van der Waals surface area contributed by atoms with E-state index in [1.54, 1.807) is 18.2 Å². The molecule has 1 aromatic carbocycles. The Morgan fingerprint density at radius 1 is 1.27 bits per heavy atom.